The van der Waals surface area contributed by atoms with Crippen LogP contribution in [0, 0.1) is 11.7 Å². The van der Waals surface area contributed by atoms with E-state index in [0.29, 0.717) is 19.6 Å². The third-order valence-electron chi connectivity index (χ3n) is 5.14. The van der Waals surface area contributed by atoms with Gasteiger partial charge in [-0.2, -0.15) is 4.31 Å². The second-order valence-corrected chi connectivity index (χ2v) is 9.48. The van der Waals surface area contributed by atoms with Gasteiger partial charge in [0.1, 0.15) is 5.82 Å². The number of hydrogen-bond acceptors (Lipinski definition) is 4. The number of nitrogens with zero attached hydrogens (tertiary/aromatic N) is 3. The second-order valence-electron chi connectivity index (χ2n) is 7.13. The fourth-order valence-electron chi connectivity index (χ4n) is 3.23. The van der Waals surface area contributed by atoms with Crippen LogP contribution in [0.5, 0.6) is 0 Å². The van der Waals surface area contributed by atoms with Crippen molar-refractivity contribution in [2.45, 2.75) is 24.7 Å². The van der Waals surface area contributed by atoms with Crippen LogP contribution in [0.3, 0.4) is 0 Å². The maximum Gasteiger partial charge on any atom is 0.243 e. The molecular formula is C18H25ClFN3O3S. The van der Waals surface area contributed by atoms with Crippen LogP contribution in [-0.2, 0) is 14.8 Å². The molecule has 6 nitrogen and oxygen atoms in total. The van der Waals surface area contributed by atoms with E-state index in [-0.39, 0.29) is 28.9 Å². The summed E-state index contributed by atoms with van der Waals surface area (Å²) in [6, 6.07) is 3.39. The SMILES string of the molecule is CCN(CC(=O)N1CCN(S(=O)(=O)c2ccc(F)c(Cl)c2)CC1)CC1CC1. The number of halogens is 2. The largest absolute Gasteiger partial charge is 0.339 e. The number of amides is 1. The van der Waals surface area contributed by atoms with Gasteiger partial charge in [0.2, 0.25) is 15.9 Å². The number of carbonyl (C=O) groups excluding carboxylic acids is 1. The molecule has 1 heterocycles. The fraction of sp³-hybridized carbons (Fsp3) is 0.611. The van der Waals surface area contributed by atoms with Crippen molar-refractivity contribution in [3.05, 3.63) is 29.0 Å². The third kappa shape index (κ3) is 4.99. The molecule has 27 heavy (non-hydrogen) atoms. The number of benzene rings is 1. The monoisotopic (exact) mass is 417 g/mol. The van der Waals surface area contributed by atoms with Crippen molar-refractivity contribution in [2.75, 3.05) is 45.8 Å². The Morgan fingerprint density at radius 3 is 2.48 bits per heavy atom. The molecule has 1 amide bonds. The Morgan fingerprint density at radius 2 is 1.93 bits per heavy atom. The highest BCUT2D eigenvalue weighted by molar-refractivity contribution is 7.89. The van der Waals surface area contributed by atoms with Crippen molar-refractivity contribution in [1.29, 1.82) is 0 Å². The maximum absolute atomic E-state index is 13.3. The minimum absolute atomic E-state index is 0.0322. The lowest BCUT2D eigenvalue weighted by atomic mass is 10.3. The minimum Gasteiger partial charge on any atom is -0.339 e. The van der Waals surface area contributed by atoms with E-state index in [2.05, 4.69) is 4.90 Å². The molecule has 1 aromatic carbocycles. The van der Waals surface area contributed by atoms with E-state index >= 15 is 0 Å². The number of likely N-dealkylation sites (N-methyl/N-ethyl adjacent to an activating group) is 1. The molecule has 0 N–H and O–H groups in total. The summed E-state index contributed by atoms with van der Waals surface area (Å²) in [6.45, 7) is 5.38. The molecule has 1 aliphatic heterocycles. The van der Waals surface area contributed by atoms with Crippen molar-refractivity contribution in [3.63, 3.8) is 0 Å². The second kappa shape index (κ2) is 8.43. The van der Waals surface area contributed by atoms with Gasteiger partial charge in [0.15, 0.2) is 0 Å². The molecule has 1 aliphatic carbocycles. The van der Waals surface area contributed by atoms with Crippen LogP contribution in [-0.4, -0.2) is 74.2 Å². The van der Waals surface area contributed by atoms with Crippen molar-refractivity contribution in [2.24, 2.45) is 5.92 Å². The predicted molar refractivity (Wildman–Crippen MR) is 102 cm³/mol. The summed E-state index contributed by atoms with van der Waals surface area (Å²) in [4.78, 5) is 16.4. The van der Waals surface area contributed by atoms with E-state index in [4.69, 9.17) is 11.6 Å². The third-order valence-corrected chi connectivity index (χ3v) is 7.32. The summed E-state index contributed by atoms with van der Waals surface area (Å²) in [5.74, 6) is 0.111. The highest BCUT2D eigenvalue weighted by atomic mass is 35.5. The van der Waals surface area contributed by atoms with Gasteiger partial charge in [-0.25, -0.2) is 12.8 Å². The number of sulfonamides is 1. The highest BCUT2D eigenvalue weighted by Gasteiger charge is 2.31. The number of rotatable bonds is 7. The first-order chi connectivity index (χ1) is 12.8. The van der Waals surface area contributed by atoms with Gasteiger partial charge in [0, 0.05) is 32.7 Å². The molecule has 1 saturated heterocycles. The Kier molecular flexibility index (Phi) is 6.40. The summed E-state index contributed by atoms with van der Waals surface area (Å²) < 4.78 is 40.0. The highest BCUT2D eigenvalue weighted by Crippen LogP contribution is 2.29. The first kappa shape index (κ1) is 20.5. The molecule has 0 atom stereocenters. The summed E-state index contributed by atoms with van der Waals surface area (Å²) in [5, 5.41) is -0.222. The zero-order chi connectivity index (χ0) is 19.6. The molecule has 3 rings (SSSR count). The van der Waals surface area contributed by atoms with E-state index in [0.717, 1.165) is 31.1 Å². The molecule has 0 spiro atoms. The zero-order valence-corrected chi connectivity index (χ0v) is 17.0. The van der Waals surface area contributed by atoms with Crippen molar-refractivity contribution in [3.8, 4) is 0 Å². The van der Waals surface area contributed by atoms with Crippen LogP contribution in [0.15, 0.2) is 23.1 Å². The smallest absolute Gasteiger partial charge is 0.243 e. The number of piperazine rings is 1. The van der Waals surface area contributed by atoms with Gasteiger partial charge in [0.05, 0.1) is 16.5 Å². The summed E-state index contributed by atoms with van der Waals surface area (Å²) in [6.07, 6.45) is 2.49. The lowest BCUT2D eigenvalue weighted by Crippen LogP contribution is -2.52. The number of carbonyl (C=O) groups is 1. The summed E-state index contributed by atoms with van der Waals surface area (Å²) in [5.41, 5.74) is 0. The molecule has 1 saturated carbocycles. The molecule has 2 aliphatic rings. The van der Waals surface area contributed by atoms with Crippen LogP contribution in [0.2, 0.25) is 5.02 Å². The molecule has 0 bridgehead atoms. The van der Waals surface area contributed by atoms with Crippen molar-refractivity contribution < 1.29 is 17.6 Å². The van der Waals surface area contributed by atoms with E-state index < -0.39 is 15.8 Å². The van der Waals surface area contributed by atoms with Crippen molar-refractivity contribution >= 4 is 27.5 Å². The van der Waals surface area contributed by atoms with Gasteiger partial charge in [-0.05, 0) is 43.5 Å². The summed E-state index contributed by atoms with van der Waals surface area (Å²) in [7, 11) is -3.75. The van der Waals surface area contributed by atoms with Gasteiger partial charge in [-0.3, -0.25) is 9.69 Å². The maximum atomic E-state index is 13.3. The Morgan fingerprint density at radius 1 is 1.26 bits per heavy atom. The predicted octanol–water partition coefficient (Wildman–Crippen LogP) is 2.04. The Balaban J connectivity index is 1.57. The van der Waals surface area contributed by atoms with Gasteiger partial charge in [-0.15, -0.1) is 0 Å². The van der Waals surface area contributed by atoms with Gasteiger partial charge in [0.25, 0.3) is 0 Å². The van der Waals surface area contributed by atoms with E-state index in [1.54, 1.807) is 4.90 Å². The topological polar surface area (TPSA) is 60.9 Å². The Bertz CT molecular complexity index is 793. The van der Waals surface area contributed by atoms with Crippen LogP contribution in [0.1, 0.15) is 19.8 Å². The summed E-state index contributed by atoms with van der Waals surface area (Å²) >= 11 is 5.71. The molecule has 0 radical (unpaired) electrons. The van der Waals surface area contributed by atoms with Crippen LogP contribution in [0.4, 0.5) is 4.39 Å². The minimum atomic E-state index is -3.75. The van der Waals surface area contributed by atoms with E-state index in [1.807, 2.05) is 6.92 Å². The molecule has 0 aromatic heterocycles. The van der Waals surface area contributed by atoms with Crippen LogP contribution < -0.4 is 0 Å². The lowest BCUT2D eigenvalue weighted by Gasteiger charge is -2.35. The van der Waals surface area contributed by atoms with Gasteiger partial charge >= 0.3 is 0 Å². The molecule has 1 aromatic rings. The van der Waals surface area contributed by atoms with Crippen LogP contribution in [0.25, 0.3) is 0 Å². The van der Waals surface area contributed by atoms with Crippen molar-refractivity contribution in [1.82, 2.24) is 14.1 Å². The molecule has 150 valence electrons. The zero-order valence-electron chi connectivity index (χ0n) is 15.4. The normalized spacial score (nSPS) is 18.9. The molecule has 0 unspecified atom stereocenters. The molecular weight excluding hydrogens is 393 g/mol. The standard InChI is InChI=1S/C18H25ClFN3O3S/c1-2-21(12-14-3-4-14)13-18(24)22-7-9-23(10-8-22)27(25,26)15-5-6-17(20)16(19)11-15/h5-6,11,14H,2-4,7-10,12-13H2,1H3. The van der Waals surface area contributed by atoms with E-state index in [9.17, 15) is 17.6 Å². The first-order valence-electron chi connectivity index (χ1n) is 9.26. The molecule has 9 heteroatoms. The van der Waals surface area contributed by atoms with Gasteiger partial charge in [-0.1, -0.05) is 18.5 Å². The van der Waals surface area contributed by atoms with Crippen LogP contribution >= 0.6 is 11.6 Å². The number of hydrogen-bond donors (Lipinski definition) is 0. The van der Waals surface area contributed by atoms with Gasteiger partial charge < -0.3 is 4.90 Å². The average molecular weight is 418 g/mol. The van der Waals surface area contributed by atoms with E-state index in [1.165, 1.54) is 23.2 Å². The quantitative estimate of drug-likeness (QED) is 0.681. The molecule has 2 fully saturated rings. The Labute approximate surface area is 164 Å². The average Bonchev–Trinajstić information content (AvgIpc) is 3.47. The lowest BCUT2D eigenvalue weighted by molar-refractivity contribution is -0.133. The fourth-order valence-corrected chi connectivity index (χ4v) is 4.92. The first-order valence-corrected chi connectivity index (χ1v) is 11.1. The Hall–Kier alpha value is -1.22.